The molecule has 3 aliphatic rings. The number of hydrogen-bond donors (Lipinski definition) is 1. The maximum atomic E-state index is 6.02. The van der Waals surface area contributed by atoms with Gasteiger partial charge in [0.15, 0.2) is 5.96 Å². The average Bonchev–Trinajstić information content (AvgIpc) is 3.04. The van der Waals surface area contributed by atoms with Gasteiger partial charge in [-0.1, -0.05) is 20.3 Å². The summed E-state index contributed by atoms with van der Waals surface area (Å²) in [4.78, 5) is 9.92. The van der Waals surface area contributed by atoms with Crippen molar-refractivity contribution >= 4 is 5.96 Å². The molecule has 1 heterocycles. The molecule has 2 aliphatic carbocycles. The molecule has 0 amide bonds. The van der Waals surface area contributed by atoms with E-state index in [2.05, 4.69) is 42.8 Å². The predicted octanol–water partition coefficient (Wildman–Crippen LogP) is 2.96. The van der Waals surface area contributed by atoms with E-state index >= 15 is 0 Å². The van der Waals surface area contributed by atoms with Crippen molar-refractivity contribution in [3.05, 3.63) is 0 Å². The van der Waals surface area contributed by atoms with Crippen LogP contribution in [0.2, 0.25) is 0 Å². The van der Waals surface area contributed by atoms with Crippen molar-refractivity contribution in [3.63, 3.8) is 0 Å². The Morgan fingerprint density at radius 2 is 2.00 bits per heavy atom. The zero-order valence-corrected chi connectivity index (χ0v) is 17.5. The number of nitrogens with zero attached hydrogens (tertiary/aromatic N) is 3. The lowest BCUT2D eigenvalue weighted by Gasteiger charge is -2.61. The third-order valence-corrected chi connectivity index (χ3v) is 7.04. The Morgan fingerprint density at radius 3 is 2.58 bits per heavy atom. The largest absolute Gasteiger partial charge is 0.378 e. The Labute approximate surface area is 160 Å². The summed E-state index contributed by atoms with van der Waals surface area (Å²) in [5.74, 6) is 1.93. The Kier molecular flexibility index (Phi) is 6.84. The van der Waals surface area contributed by atoms with Gasteiger partial charge in [0.05, 0.1) is 6.10 Å². The zero-order chi connectivity index (χ0) is 18.6. The van der Waals surface area contributed by atoms with Gasteiger partial charge in [0.2, 0.25) is 0 Å². The number of guanidine groups is 1. The smallest absolute Gasteiger partial charge is 0.194 e. The molecule has 3 unspecified atom stereocenters. The van der Waals surface area contributed by atoms with E-state index in [1.165, 1.54) is 32.2 Å². The molecule has 26 heavy (non-hydrogen) atoms. The van der Waals surface area contributed by atoms with E-state index in [1.807, 2.05) is 0 Å². The van der Waals surface area contributed by atoms with E-state index in [4.69, 9.17) is 9.73 Å². The van der Waals surface area contributed by atoms with Gasteiger partial charge >= 0.3 is 0 Å². The normalized spacial score (nSPS) is 30.6. The molecule has 0 aromatic carbocycles. The summed E-state index contributed by atoms with van der Waals surface area (Å²) in [5, 5.41) is 3.86. The van der Waals surface area contributed by atoms with Crippen LogP contribution in [0.1, 0.15) is 59.8 Å². The van der Waals surface area contributed by atoms with E-state index in [-0.39, 0.29) is 0 Å². The highest BCUT2D eigenvalue weighted by molar-refractivity contribution is 5.81. The van der Waals surface area contributed by atoms with E-state index in [9.17, 15) is 0 Å². The first kappa shape index (κ1) is 19.9. The van der Waals surface area contributed by atoms with E-state index in [0.717, 1.165) is 57.6 Å². The summed E-state index contributed by atoms with van der Waals surface area (Å²) in [7, 11) is 0. The van der Waals surface area contributed by atoms with Crippen LogP contribution in [0, 0.1) is 11.3 Å². The number of nitrogens with one attached hydrogen (secondary N) is 1. The first-order chi connectivity index (χ1) is 12.7. The van der Waals surface area contributed by atoms with Crippen molar-refractivity contribution in [1.82, 2.24) is 15.1 Å². The lowest BCUT2D eigenvalue weighted by Crippen LogP contribution is -2.68. The van der Waals surface area contributed by atoms with Gasteiger partial charge in [-0.25, -0.2) is 0 Å². The molecule has 150 valence electrons. The van der Waals surface area contributed by atoms with Crippen LogP contribution in [0.4, 0.5) is 0 Å². The van der Waals surface area contributed by atoms with Crippen LogP contribution >= 0.6 is 0 Å². The third-order valence-electron chi connectivity index (χ3n) is 7.04. The SMILES string of the molecule is CCN=C(NC1CC(OCC)C12CCC2)N1CCC(CN(CC)CC)C1. The van der Waals surface area contributed by atoms with Crippen molar-refractivity contribution in [2.45, 2.75) is 71.9 Å². The molecule has 0 bridgehead atoms. The molecule has 3 atom stereocenters. The van der Waals surface area contributed by atoms with Crippen LogP contribution in [-0.4, -0.2) is 73.8 Å². The molecule has 0 aromatic heterocycles. The molecule has 2 saturated carbocycles. The molecule has 1 spiro atoms. The van der Waals surface area contributed by atoms with Crippen LogP contribution in [0.3, 0.4) is 0 Å². The zero-order valence-electron chi connectivity index (χ0n) is 17.5. The fourth-order valence-electron chi connectivity index (χ4n) is 5.20. The van der Waals surface area contributed by atoms with Crippen molar-refractivity contribution < 1.29 is 4.74 Å². The summed E-state index contributed by atoms with van der Waals surface area (Å²) in [6.07, 6.45) is 6.90. The molecular weight excluding hydrogens is 324 g/mol. The lowest BCUT2D eigenvalue weighted by molar-refractivity contribution is -0.168. The van der Waals surface area contributed by atoms with Gasteiger partial charge < -0.3 is 19.9 Å². The summed E-state index contributed by atoms with van der Waals surface area (Å²) >= 11 is 0. The summed E-state index contributed by atoms with van der Waals surface area (Å²) in [6.45, 7) is 16.3. The first-order valence-electron chi connectivity index (χ1n) is 11.1. The maximum Gasteiger partial charge on any atom is 0.194 e. The Hall–Kier alpha value is -0.810. The van der Waals surface area contributed by atoms with E-state index < -0.39 is 0 Å². The third kappa shape index (κ3) is 3.89. The lowest BCUT2D eigenvalue weighted by atomic mass is 9.51. The number of rotatable bonds is 8. The monoisotopic (exact) mass is 364 g/mol. The molecule has 1 aliphatic heterocycles. The van der Waals surface area contributed by atoms with Crippen LogP contribution in [0.5, 0.6) is 0 Å². The Balaban J connectivity index is 1.56. The Morgan fingerprint density at radius 1 is 1.23 bits per heavy atom. The topological polar surface area (TPSA) is 40.1 Å². The van der Waals surface area contributed by atoms with Crippen molar-refractivity contribution in [3.8, 4) is 0 Å². The molecular formula is C21H40N4O. The quantitative estimate of drug-likeness (QED) is 0.531. The number of aliphatic imine (C=N–C) groups is 1. The van der Waals surface area contributed by atoms with Crippen LogP contribution in [0.15, 0.2) is 4.99 Å². The highest BCUT2D eigenvalue weighted by Gasteiger charge is 2.59. The highest BCUT2D eigenvalue weighted by atomic mass is 16.5. The van der Waals surface area contributed by atoms with Crippen LogP contribution in [0.25, 0.3) is 0 Å². The fourth-order valence-corrected chi connectivity index (χ4v) is 5.20. The number of ether oxygens (including phenoxy) is 1. The molecule has 0 aromatic rings. The predicted molar refractivity (Wildman–Crippen MR) is 109 cm³/mol. The standard InChI is InChI=1S/C21H40N4O/c1-5-22-20(25-13-10-17(16-25)15-24(6-2)7-3)23-18-14-19(26-8-4)21(18)11-9-12-21/h17-19H,5-16H2,1-4H3,(H,22,23). The highest BCUT2D eigenvalue weighted by Crippen LogP contribution is 2.57. The van der Waals surface area contributed by atoms with Crippen LogP contribution in [-0.2, 0) is 4.74 Å². The van der Waals surface area contributed by atoms with Crippen molar-refractivity contribution in [2.75, 3.05) is 45.9 Å². The molecule has 5 heteroatoms. The number of hydrogen-bond acceptors (Lipinski definition) is 3. The van der Waals surface area contributed by atoms with Gasteiger partial charge in [0.25, 0.3) is 0 Å². The molecule has 5 nitrogen and oxygen atoms in total. The number of likely N-dealkylation sites (tertiary alicyclic amines) is 1. The minimum Gasteiger partial charge on any atom is -0.378 e. The van der Waals surface area contributed by atoms with E-state index in [1.54, 1.807) is 0 Å². The summed E-state index contributed by atoms with van der Waals surface area (Å²) in [5.41, 5.74) is 0.394. The maximum absolute atomic E-state index is 6.02. The fraction of sp³-hybridized carbons (Fsp3) is 0.952. The summed E-state index contributed by atoms with van der Waals surface area (Å²) < 4.78 is 6.02. The van der Waals surface area contributed by atoms with Gasteiger partial charge in [-0.3, -0.25) is 4.99 Å². The second-order valence-corrected chi connectivity index (χ2v) is 8.35. The Bertz CT molecular complexity index is 473. The van der Waals surface area contributed by atoms with Gasteiger partial charge in [-0.2, -0.15) is 0 Å². The molecule has 1 N–H and O–H groups in total. The second-order valence-electron chi connectivity index (χ2n) is 8.35. The van der Waals surface area contributed by atoms with E-state index in [0.29, 0.717) is 17.6 Å². The molecule has 3 rings (SSSR count). The van der Waals surface area contributed by atoms with Crippen molar-refractivity contribution in [2.24, 2.45) is 16.3 Å². The minimum atomic E-state index is 0.394. The molecule has 1 saturated heterocycles. The van der Waals surface area contributed by atoms with Gasteiger partial charge in [-0.15, -0.1) is 0 Å². The molecule has 0 radical (unpaired) electrons. The van der Waals surface area contributed by atoms with Gasteiger partial charge in [-0.05, 0) is 58.5 Å². The molecule has 3 fully saturated rings. The first-order valence-corrected chi connectivity index (χ1v) is 11.1. The van der Waals surface area contributed by atoms with Gasteiger partial charge in [0.1, 0.15) is 0 Å². The second kappa shape index (κ2) is 8.92. The van der Waals surface area contributed by atoms with Crippen molar-refractivity contribution in [1.29, 1.82) is 0 Å². The van der Waals surface area contributed by atoms with Gasteiger partial charge in [0, 0.05) is 44.2 Å². The van der Waals surface area contributed by atoms with Crippen LogP contribution < -0.4 is 5.32 Å². The minimum absolute atomic E-state index is 0.394. The average molecular weight is 365 g/mol. The summed E-state index contributed by atoms with van der Waals surface area (Å²) in [6, 6.07) is 0.555.